The molecule has 1 heterocycles. The van der Waals surface area contributed by atoms with Crippen LogP contribution in [0.5, 0.6) is 5.75 Å². The molecular formula is C20H30N2O5S. The summed E-state index contributed by atoms with van der Waals surface area (Å²) in [4.78, 5) is 2.06. The molecule has 4 atom stereocenters. The van der Waals surface area contributed by atoms with E-state index in [1.165, 1.54) is 10.4 Å². The summed E-state index contributed by atoms with van der Waals surface area (Å²) in [5, 5.41) is 19.0. The number of sulfonamides is 1. The zero-order valence-corrected chi connectivity index (χ0v) is 17.9. The number of benzene rings is 1. The minimum absolute atomic E-state index is 0.0612. The molecule has 0 radical (unpaired) electrons. The Morgan fingerprint density at radius 2 is 2.04 bits per heavy atom. The molecule has 0 saturated heterocycles. The highest BCUT2D eigenvalue weighted by Crippen LogP contribution is 2.34. The first kappa shape index (κ1) is 22.7. The Morgan fingerprint density at radius 1 is 1.36 bits per heavy atom. The van der Waals surface area contributed by atoms with Crippen LogP contribution in [0, 0.1) is 17.8 Å². The minimum atomic E-state index is -3.85. The lowest BCUT2D eigenvalue weighted by Gasteiger charge is -2.37. The van der Waals surface area contributed by atoms with Gasteiger partial charge in [0.1, 0.15) is 22.9 Å². The Hall–Kier alpha value is -1.63. The molecule has 1 aromatic rings. The van der Waals surface area contributed by atoms with Gasteiger partial charge in [-0.05, 0) is 46.1 Å². The van der Waals surface area contributed by atoms with Crippen LogP contribution < -0.4 is 4.74 Å². The van der Waals surface area contributed by atoms with E-state index in [2.05, 4.69) is 11.8 Å². The van der Waals surface area contributed by atoms with Gasteiger partial charge >= 0.3 is 0 Å². The number of aliphatic hydroxyl groups is 2. The van der Waals surface area contributed by atoms with Gasteiger partial charge in [0, 0.05) is 30.6 Å². The highest BCUT2D eigenvalue weighted by molar-refractivity contribution is 7.89. The van der Waals surface area contributed by atoms with E-state index in [9.17, 15) is 18.6 Å². The summed E-state index contributed by atoms with van der Waals surface area (Å²) in [6.07, 6.45) is -1.02. The topological polar surface area (TPSA) is 90.3 Å². The number of nitrogens with zero attached hydrogens (tertiary/aromatic N) is 2. The van der Waals surface area contributed by atoms with Gasteiger partial charge in [-0.3, -0.25) is 0 Å². The van der Waals surface area contributed by atoms with Crippen molar-refractivity contribution in [2.75, 3.05) is 33.8 Å². The van der Waals surface area contributed by atoms with Gasteiger partial charge in [-0.1, -0.05) is 18.8 Å². The second-order valence-corrected chi connectivity index (χ2v) is 9.47. The summed E-state index contributed by atoms with van der Waals surface area (Å²) in [6, 6.07) is 4.14. The molecule has 2 rings (SSSR count). The molecule has 0 bridgehead atoms. The molecule has 7 nitrogen and oxygen atoms in total. The van der Waals surface area contributed by atoms with E-state index in [1.54, 1.807) is 26.0 Å². The van der Waals surface area contributed by atoms with Crippen molar-refractivity contribution < 1.29 is 23.4 Å². The van der Waals surface area contributed by atoms with Crippen LogP contribution in [0.2, 0.25) is 0 Å². The molecule has 0 aliphatic carbocycles. The fourth-order valence-corrected chi connectivity index (χ4v) is 4.89. The van der Waals surface area contributed by atoms with Crippen molar-refractivity contribution in [3.8, 4) is 17.6 Å². The smallest absolute Gasteiger partial charge is 0.247 e. The lowest BCUT2D eigenvalue weighted by molar-refractivity contribution is 0.0812. The van der Waals surface area contributed by atoms with Crippen LogP contribution in [0.15, 0.2) is 23.1 Å². The molecule has 1 aliphatic heterocycles. The Balaban J connectivity index is 2.61. The molecule has 8 heteroatoms. The predicted molar refractivity (Wildman–Crippen MR) is 108 cm³/mol. The van der Waals surface area contributed by atoms with Gasteiger partial charge in [-0.15, -0.1) is 0 Å². The van der Waals surface area contributed by atoms with Gasteiger partial charge < -0.3 is 19.8 Å². The van der Waals surface area contributed by atoms with Crippen LogP contribution in [-0.2, 0) is 10.0 Å². The largest absolute Gasteiger partial charge is 0.487 e. The zero-order valence-electron chi connectivity index (χ0n) is 17.1. The van der Waals surface area contributed by atoms with E-state index < -0.39 is 22.2 Å². The van der Waals surface area contributed by atoms with Gasteiger partial charge in [0.2, 0.25) is 10.0 Å². The third-order valence-electron chi connectivity index (χ3n) is 4.64. The summed E-state index contributed by atoms with van der Waals surface area (Å²) in [6.45, 7) is 5.80. The van der Waals surface area contributed by atoms with Crippen LogP contribution in [0.4, 0.5) is 0 Å². The van der Waals surface area contributed by atoms with Crippen LogP contribution >= 0.6 is 0 Å². The van der Waals surface area contributed by atoms with Gasteiger partial charge in [-0.25, -0.2) is 8.42 Å². The maximum absolute atomic E-state index is 13.3. The molecule has 0 fully saturated rings. The van der Waals surface area contributed by atoms with E-state index >= 15 is 0 Å². The number of hydrogen-bond donors (Lipinski definition) is 2. The van der Waals surface area contributed by atoms with Gasteiger partial charge in [-0.2, -0.15) is 4.31 Å². The third kappa shape index (κ3) is 5.25. The van der Waals surface area contributed by atoms with Crippen molar-refractivity contribution in [2.45, 2.75) is 43.9 Å². The lowest BCUT2D eigenvalue weighted by Crippen LogP contribution is -2.49. The molecular weight excluding hydrogens is 380 g/mol. The molecule has 2 N–H and O–H groups in total. The molecule has 0 aromatic heterocycles. The quantitative estimate of drug-likeness (QED) is 0.712. The van der Waals surface area contributed by atoms with Crippen LogP contribution in [0.1, 0.15) is 26.3 Å². The van der Waals surface area contributed by atoms with E-state index in [4.69, 9.17) is 4.74 Å². The summed E-state index contributed by atoms with van der Waals surface area (Å²) in [5.41, 5.74) is 0.563. The maximum Gasteiger partial charge on any atom is 0.247 e. The first-order valence-corrected chi connectivity index (χ1v) is 10.8. The summed E-state index contributed by atoms with van der Waals surface area (Å²) < 4.78 is 34.1. The number of likely N-dealkylation sites (N-methyl/N-ethyl adjacent to an activating group) is 1. The monoisotopic (exact) mass is 410 g/mol. The fraction of sp³-hybridized carbons (Fsp3) is 0.600. The van der Waals surface area contributed by atoms with Crippen molar-refractivity contribution in [2.24, 2.45) is 5.92 Å². The number of aliphatic hydroxyl groups excluding tert-OH is 2. The zero-order chi connectivity index (χ0) is 21.1. The molecule has 28 heavy (non-hydrogen) atoms. The molecule has 0 amide bonds. The Labute approximate surface area is 168 Å². The Bertz CT molecular complexity index is 842. The number of rotatable bonds is 4. The highest BCUT2D eigenvalue weighted by atomic mass is 32.2. The van der Waals surface area contributed by atoms with E-state index in [-0.39, 0.29) is 35.8 Å². The molecule has 0 saturated carbocycles. The summed E-state index contributed by atoms with van der Waals surface area (Å²) in [7, 11) is 0.0217. The maximum atomic E-state index is 13.3. The van der Waals surface area contributed by atoms with Crippen LogP contribution in [0.25, 0.3) is 0 Å². The second-order valence-electron chi connectivity index (χ2n) is 7.61. The minimum Gasteiger partial charge on any atom is -0.487 e. The highest BCUT2D eigenvalue weighted by Gasteiger charge is 2.37. The lowest BCUT2D eigenvalue weighted by atomic mass is 10.0. The average molecular weight is 411 g/mol. The molecule has 0 spiro atoms. The van der Waals surface area contributed by atoms with Gasteiger partial charge in [0.25, 0.3) is 0 Å². The van der Waals surface area contributed by atoms with Gasteiger partial charge in [0.15, 0.2) is 0 Å². The first-order valence-electron chi connectivity index (χ1n) is 9.34. The van der Waals surface area contributed by atoms with Crippen molar-refractivity contribution >= 4 is 10.0 Å². The Kier molecular flexibility index (Phi) is 7.48. The van der Waals surface area contributed by atoms with Gasteiger partial charge in [0.05, 0.1) is 6.61 Å². The van der Waals surface area contributed by atoms with Crippen molar-refractivity contribution in [3.05, 3.63) is 23.8 Å². The van der Waals surface area contributed by atoms with E-state index in [0.29, 0.717) is 12.1 Å². The second kappa shape index (κ2) is 9.25. The number of hydrogen-bond acceptors (Lipinski definition) is 6. The Morgan fingerprint density at radius 3 is 2.61 bits per heavy atom. The first-order chi connectivity index (χ1) is 13.1. The average Bonchev–Trinajstić information content (AvgIpc) is 2.61. The predicted octanol–water partition coefficient (Wildman–Crippen LogP) is 0.749. The van der Waals surface area contributed by atoms with Crippen molar-refractivity contribution in [1.82, 2.24) is 9.21 Å². The molecule has 156 valence electrons. The normalized spacial score (nSPS) is 24.1. The summed E-state index contributed by atoms with van der Waals surface area (Å²) in [5.74, 6) is 5.64. The van der Waals surface area contributed by atoms with Crippen molar-refractivity contribution in [3.63, 3.8) is 0 Å². The standard InChI is InChI=1S/C20H30N2O5S/c1-14-11-22(15(2)13-23)28(25,26)20-9-8-17(7-6-16(3)24)10-18(20)27-19(14)12-21(4)5/h8-10,14-16,19,23-24H,11-13H2,1-5H3/t14-,15+,16+,19+/m1/s1. The van der Waals surface area contributed by atoms with E-state index in [0.717, 1.165) is 0 Å². The van der Waals surface area contributed by atoms with Crippen LogP contribution in [-0.4, -0.2) is 79.9 Å². The third-order valence-corrected chi connectivity index (χ3v) is 6.66. The molecule has 0 unspecified atom stereocenters. The van der Waals surface area contributed by atoms with Crippen molar-refractivity contribution in [1.29, 1.82) is 0 Å². The molecule has 1 aromatic carbocycles. The number of ether oxygens (including phenoxy) is 1. The SMILES string of the molecule is C[C@H](O)C#Cc1ccc2c(c1)O[C@@H](CN(C)C)[C@H](C)CN([C@@H](C)CO)S2(=O)=O. The number of fused-ring (bicyclic) bond motifs is 1. The summed E-state index contributed by atoms with van der Waals surface area (Å²) >= 11 is 0. The van der Waals surface area contributed by atoms with E-state index in [1.807, 2.05) is 25.9 Å². The van der Waals surface area contributed by atoms with Crippen LogP contribution in [0.3, 0.4) is 0 Å². The molecule has 1 aliphatic rings. The fourth-order valence-electron chi connectivity index (χ4n) is 3.07.